The molecule has 0 bridgehead atoms. The van der Waals surface area contributed by atoms with Crippen LogP contribution in [0.2, 0.25) is 0 Å². The van der Waals surface area contributed by atoms with Crippen molar-refractivity contribution >= 4 is 17.8 Å². The molecule has 0 aromatic heterocycles. The van der Waals surface area contributed by atoms with Gasteiger partial charge in [-0.2, -0.15) is 0 Å². The highest BCUT2D eigenvalue weighted by Crippen LogP contribution is 2.32. The molecule has 2 rings (SSSR count). The first kappa shape index (κ1) is 15.8. The molecule has 2 amide bonds. The third kappa shape index (κ3) is 4.44. The average Bonchev–Trinajstić information content (AvgIpc) is 3.30. The summed E-state index contributed by atoms with van der Waals surface area (Å²) >= 11 is 0. The second-order valence-electron chi connectivity index (χ2n) is 6.09. The molecule has 0 aromatic rings. The van der Waals surface area contributed by atoms with E-state index < -0.39 is 5.97 Å². The van der Waals surface area contributed by atoms with Gasteiger partial charge in [0.25, 0.3) is 0 Å². The second kappa shape index (κ2) is 6.91. The molecule has 6 heteroatoms. The maximum Gasteiger partial charge on any atom is 0.305 e. The Bertz CT molecular complexity index is 412. The zero-order chi connectivity index (χ0) is 15.4. The highest BCUT2D eigenvalue weighted by Gasteiger charge is 2.36. The first-order valence-electron chi connectivity index (χ1n) is 7.82. The lowest BCUT2D eigenvalue weighted by Gasteiger charge is -2.32. The normalized spacial score (nSPS) is 20.9. The standard InChI is InChI=1S/C15H24N2O4/c1-2-12(9-13(18)19)16-14(20)10-5-7-17(8-6-10)15(21)11-3-4-11/h10-12H,2-9H2,1H3,(H,16,20)(H,18,19). The number of nitrogens with one attached hydrogen (secondary N) is 1. The fourth-order valence-electron chi connectivity index (χ4n) is 2.78. The fourth-order valence-corrected chi connectivity index (χ4v) is 2.78. The molecule has 118 valence electrons. The zero-order valence-corrected chi connectivity index (χ0v) is 12.5. The maximum absolute atomic E-state index is 12.2. The lowest BCUT2D eigenvalue weighted by molar-refractivity contribution is -0.139. The summed E-state index contributed by atoms with van der Waals surface area (Å²) in [6, 6.07) is -0.305. The quantitative estimate of drug-likeness (QED) is 0.765. The van der Waals surface area contributed by atoms with Gasteiger partial charge in [-0.15, -0.1) is 0 Å². The molecule has 6 nitrogen and oxygen atoms in total. The summed E-state index contributed by atoms with van der Waals surface area (Å²) in [6.07, 6.45) is 3.93. The van der Waals surface area contributed by atoms with Crippen LogP contribution >= 0.6 is 0 Å². The first-order valence-corrected chi connectivity index (χ1v) is 7.82. The third-order valence-corrected chi connectivity index (χ3v) is 4.36. The summed E-state index contributed by atoms with van der Waals surface area (Å²) in [4.78, 5) is 36.7. The van der Waals surface area contributed by atoms with Gasteiger partial charge in [0, 0.05) is 31.0 Å². The van der Waals surface area contributed by atoms with E-state index in [-0.39, 0.29) is 36.1 Å². The molecule has 1 saturated carbocycles. The Hall–Kier alpha value is -1.59. The van der Waals surface area contributed by atoms with Crippen LogP contribution in [0.4, 0.5) is 0 Å². The average molecular weight is 296 g/mol. The zero-order valence-electron chi connectivity index (χ0n) is 12.5. The fraction of sp³-hybridized carbons (Fsp3) is 0.800. The second-order valence-corrected chi connectivity index (χ2v) is 6.09. The Balaban J connectivity index is 1.76. The number of piperidine rings is 1. The minimum Gasteiger partial charge on any atom is -0.481 e. The summed E-state index contributed by atoms with van der Waals surface area (Å²) in [5.41, 5.74) is 0. The number of nitrogens with zero attached hydrogens (tertiary/aromatic N) is 1. The van der Waals surface area contributed by atoms with E-state index in [0.717, 1.165) is 12.8 Å². The van der Waals surface area contributed by atoms with Crippen LogP contribution in [-0.2, 0) is 14.4 Å². The third-order valence-electron chi connectivity index (χ3n) is 4.36. The van der Waals surface area contributed by atoms with Gasteiger partial charge in [-0.3, -0.25) is 14.4 Å². The van der Waals surface area contributed by atoms with Crippen molar-refractivity contribution < 1.29 is 19.5 Å². The van der Waals surface area contributed by atoms with Crippen LogP contribution in [0.5, 0.6) is 0 Å². The molecule has 0 spiro atoms. The minimum atomic E-state index is -0.896. The van der Waals surface area contributed by atoms with Gasteiger partial charge in [-0.1, -0.05) is 6.92 Å². The van der Waals surface area contributed by atoms with Crippen LogP contribution in [0.1, 0.15) is 45.4 Å². The number of aliphatic carboxylic acids is 1. The molecular weight excluding hydrogens is 272 g/mol. The number of carboxylic acid groups (broad SMARTS) is 1. The van der Waals surface area contributed by atoms with Crippen molar-refractivity contribution in [3.8, 4) is 0 Å². The molecule has 1 heterocycles. The Kier molecular flexibility index (Phi) is 5.20. The Morgan fingerprint density at radius 2 is 1.76 bits per heavy atom. The van der Waals surface area contributed by atoms with Crippen LogP contribution in [0, 0.1) is 11.8 Å². The van der Waals surface area contributed by atoms with Crippen molar-refractivity contribution in [2.75, 3.05) is 13.1 Å². The van der Waals surface area contributed by atoms with Crippen molar-refractivity contribution in [3.05, 3.63) is 0 Å². The summed E-state index contributed by atoms with van der Waals surface area (Å²) < 4.78 is 0. The minimum absolute atomic E-state index is 0.0404. The topological polar surface area (TPSA) is 86.7 Å². The van der Waals surface area contributed by atoms with Crippen molar-refractivity contribution in [1.29, 1.82) is 0 Å². The van der Waals surface area contributed by atoms with E-state index in [1.165, 1.54) is 0 Å². The van der Waals surface area contributed by atoms with Crippen LogP contribution in [-0.4, -0.2) is 46.9 Å². The lowest BCUT2D eigenvalue weighted by atomic mass is 9.95. The molecule has 1 atom stereocenters. The Morgan fingerprint density at radius 3 is 2.24 bits per heavy atom. The van der Waals surface area contributed by atoms with E-state index in [1.807, 2.05) is 11.8 Å². The Morgan fingerprint density at radius 1 is 1.14 bits per heavy atom. The number of carboxylic acids is 1. The van der Waals surface area contributed by atoms with Gasteiger partial charge in [0.2, 0.25) is 11.8 Å². The van der Waals surface area contributed by atoms with Gasteiger partial charge in [-0.05, 0) is 32.1 Å². The first-order chi connectivity index (χ1) is 10.0. The van der Waals surface area contributed by atoms with Crippen LogP contribution in [0.3, 0.4) is 0 Å². The molecule has 1 unspecified atom stereocenters. The highest BCUT2D eigenvalue weighted by molar-refractivity contribution is 5.82. The molecule has 1 aliphatic heterocycles. The SMILES string of the molecule is CCC(CC(=O)O)NC(=O)C1CCN(C(=O)C2CC2)CC1. The molecule has 0 radical (unpaired) electrons. The summed E-state index contributed by atoms with van der Waals surface area (Å²) in [5.74, 6) is -0.591. The predicted molar refractivity (Wildman–Crippen MR) is 76.5 cm³/mol. The van der Waals surface area contributed by atoms with Crippen molar-refractivity contribution in [2.45, 2.75) is 51.5 Å². The van der Waals surface area contributed by atoms with E-state index in [9.17, 15) is 14.4 Å². The van der Waals surface area contributed by atoms with E-state index >= 15 is 0 Å². The van der Waals surface area contributed by atoms with Gasteiger partial charge in [0.1, 0.15) is 0 Å². The van der Waals surface area contributed by atoms with Gasteiger partial charge < -0.3 is 15.3 Å². The predicted octanol–water partition coefficient (Wildman–Crippen LogP) is 1.00. The molecule has 2 aliphatic rings. The van der Waals surface area contributed by atoms with E-state index in [0.29, 0.717) is 32.4 Å². The van der Waals surface area contributed by atoms with Crippen molar-refractivity contribution in [3.63, 3.8) is 0 Å². The molecule has 2 N–H and O–H groups in total. The molecular formula is C15H24N2O4. The van der Waals surface area contributed by atoms with Crippen molar-refractivity contribution in [2.24, 2.45) is 11.8 Å². The number of rotatable bonds is 6. The van der Waals surface area contributed by atoms with Gasteiger partial charge >= 0.3 is 5.97 Å². The largest absolute Gasteiger partial charge is 0.481 e. The maximum atomic E-state index is 12.2. The van der Waals surface area contributed by atoms with Gasteiger partial charge in [0.05, 0.1) is 6.42 Å². The summed E-state index contributed by atoms with van der Waals surface area (Å²) in [5, 5.41) is 11.6. The number of likely N-dealkylation sites (tertiary alicyclic amines) is 1. The number of carbonyl (C=O) groups excluding carboxylic acids is 2. The number of amides is 2. The highest BCUT2D eigenvalue weighted by atomic mass is 16.4. The Labute approximate surface area is 124 Å². The molecule has 1 aliphatic carbocycles. The smallest absolute Gasteiger partial charge is 0.305 e. The van der Waals surface area contributed by atoms with Crippen LogP contribution in [0.15, 0.2) is 0 Å². The van der Waals surface area contributed by atoms with E-state index in [4.69, 9.17) is 5.11 Å². The van der Waals surface area contributed by atoms with Gasteiger partial charge in [-0.25, -0.2) is 0 Å². The van der Waals surface area contributed by atoms with Crippen LogP contribution < -0.4 is 5.32 Å². The molecule has 0 aromatic carbocycles. The summed E-state index contributed by atoms with van der Waals surface area (Å²) in [7, 11) is 0. The van der Waals surface area contributed by atoms with E-state index in [1.54, 1.807) is 0 Å². The van der Waals surface area contributed by atoms with Crippen LogP contribution in [0.25, 0.3) is 0 Å². The molecule has 2 fully saturated rings. The molecule has 21 heavy (non-hydrogen) atoms. The van der Waals surface area contributed by atoms with Crippen molar-refractivity contribution in [1.82, 2.24) is 10.2 Å². The summed E-state index contributed by atoms with van der Waals surface area (Å²) in [6.45, 7) is 3.15. The monoisotopic (exact) mass is 296 g/mol. The number of hydrogen-bond acceptors (Lipinski definition) is 3. The number of hydrogen-bond donors (Lipinski definition) is 2. The number of carbonyl (C=O) groups is 3. The molecule has 1 saturated heterocycles. The van der Waals surface area contributed by atoms with Gasteiger partial charge in [0.15, 0.2) is 0 Å². The lowest BCUT2D eigenvalue weighted by Crippen LogP contribution is -2.46. The van der Waals surface area contributed by atoms with E-state index in [2.05, 4.69) is 5.32 Å².